The third-order valence-electron chi connectivity index (χ3n) is 3.89. The van der Waals surface area contributed by atoms with Gasteiger partial charge in [0.05, 0.1) is 17.1 Å². The fourth-order valence-electron chi connectivity index (χ4n) is 2.66. The minimum absolute atomic E-state index is 0.0710. The van der Waals surface area contributed by atoms with Crippen molar-refractivity contribution in [3.05, 3.63) is 58.8 Å². The molecule has 2 heterocycles. The summed E-state index contributed by atoms with van der Waals surface area (Å²) in [5.74, 6) is 0.601. The van der Waals surface area contributed by atoms with E-state index in [-0.39, 0.29) is 11.3 Å². The molecule has 0 spiro atoms. The highest BCUT2D eigenvalue weighted by Gasteiger charge is 2.28. The van der Waals surface area contributed by atoms with Crippen LogP contribution in [0, 0.1) is 0 Å². The van der Waals surface area contributed by atoms with Crippen LogP contribution < -0.4 is 10.3 Å². The molecular weight excluding hydrogens is 361 g/mol. The average Bonchev–Trinajstić information content (AvgIpc) is 3.05. The number of halogens is 3. The van der Waals surface area contributed by atoms with Gasteiger partial charge in [-0.2, -0.15) is 18.3 Å². The largest absolute Gasteiger partial charge is 0.484 e. The molecule has 0 amide bonds. The molecular formula is C18H17F3N4O2. The Kier molecular flexibility index (Phi) is 5.02. The maximum Gasteiger partial charge on any atom is 0.422 e. The number of benzene rings is 1. The molecule has 2 aromatic heterocycles. The summed E-state index contributed by atoms with van der Waals surface area (Å²) in [5, 5.41) is 4.08. The standard InChI is InChI=1S/C18H17F3N4O2/c1-3-16-23-14(15-8-9-22-24(15)2)10-17(26)25(16)12-4-6-13(7-5-12)27-11-18(19,20)21/h4-10H,3,11H2,1-2H3. The molecule has 0 radical (unpaired) electrons. The Bertz CT molecular complexity index is 991. The van der Waals surface area contributed by atoms with E-state index in [1.165, 1.54) is 34.9 Å². The molecule has 0 atom stereocenters. The van der Waals surface area contributed by atoms with Gasteiger partial charge in [0.1, 0.15) is 11.6 Å². The van der Waals surface area contributed by atoms with Gasteiger partial charge < -0.3 is 4.74 Å². The Morgan fingerprint density at radius 2 is 1.85 bits per heavy atom. The zero-order valence-corrected chi connectivity index (χ0v) is 14.7. The molecule has 3 rings (SSSR count). The predicted octanol–water partition coefficient (Wildman–Crippen LogP) is 3.14. The van der Waals surface area contributed by atoms with E-state index in [0.717, 1.165) is 0 Å². The molecule has 3 aromatic rings. The zero-order chi connectivity index (χ0) is 19.6. The lowest BCUT2D eigenvalue weighted by Gasteiger charge is -2.14. The van der Waals surface area contributed by atoms with Crippen LogP contribution in [-0.4, -0.2) is 32.1 Å². The molecule has 0 saturated carbocycles. The Balaban J connectivity index is 1.95. The highest BCUT2D eigenvalue weighted by atomic mass is 19.4. The maximum absolute atomic E-state index is 12.7. The predicted molar refractivity (Wildman–Crippen MR) is 93.0 cm³/mol. The molecule has 0 aliphatic rings. The van der Waals surface area contributed by atoms with Gasteiger partial charge in [-0.05, 0) is 30.3 Å². The number of hydrogen-bond donors (Lipinski definition) is 0. The van der Waals surface area contributed by atoms with Crippen molar-refractivity contribution in [3.63, 3.8) is 0 Å². The quantitative estimate of drug-likeness (QED) is 0.684. The van der Waals surface area contributed by atoms with Gasteiger partial charge in [0.2, 0.25) is 0 Å². The lowest BCUT2D eigenvalue weighted by Crippen LogP contribution is -2.23. The van der Waals surface area contributed by atoms with Gasteiger partial charge in [0.15, 0.2) is 6.61 Å². The number of rotatable bonds is 5. The second kappa shape index (κ2) is 7.26. The molecule has 0 aliphatic heterocycles. The topological polar surface area (TPSA) is 61.9 Å². The first-order valence-corrected chi connectivity index (χ1v) is 8.20. The van der Waals surface area contributed by atoms with E-state index < -0.39 is 12.8 Å². The molecule has 0 fully saturated rings. The van der Waals surface area contributed by atoms with Crippen molar-refractivity contribution in [1.82, 2.24) is 19.3 Å². The zero-order valence-electron chi connectivity index (χ0n) is 14.7. The van der Waals surface area contributed by atoms with E-state index >= 15 is 0 Å². The fourth-order valence-corrected chi connectivity index (χ4v) is 2.66. The van der Waals surface area contributed by atoms with E-state index in [0.29, 0.717) is 29.3 Å². The maximum atomic E-state index is 12.7. The van der Waals surface area contributed by atoms with E-state index in [9.17, 15) is 18.0 Å². The number of nitrogens with zero attached hydrogens (tertiary/aromatic N) is 4. The normalized spacial score (nSPS) is 11.6. The van der Waals surface area contributed by atoms with Crippen molar-refractivity contribution >= 4 is 0 Å². The summed E-state index contributed by atoms with van der Waals surface area (Å²) >= 11 is 0. The first-order chi connectivity index (χ1) is 12.8. The molecule has 1 aromatic carbocycles. The van der Waals surface area contributed by atoms with Crippen molar-refractivity contribution in [2.24, 2.45) is 7.05 Å². The number of aromatic nitrogens is 4. The SMILES string of the molecule is CCc1nc(-c2ccnn2C)cc(=O)n1-c1ccc(OCC(F)(F)F)cc1. The Morgan fingerprint density at radius 1 is 1.15 bits per heavy atom. The molecule has 9 heteroatoms. The lowest BCUT2D eigenvalue weighted by molar-refractivity contribution is -0.153. The average molecular weight is 378 g/mol. The van der Waals surface area contributed by atoms with Gasteiger partial charge in [-0.3, -0.25) is 14.0 Å². The van der Waals surface area contributed by atoms with Gasteiger partial charge in [0.25, 0.3) is 5.56 Å². The van der Waals surface area contributed by atoms with E-state index in [1.54, 1.807) is 24.0 Å². The number of ether oxygens (including phenoxy) is 1. The van der Waals surface area contributed by atoms with Crippen molar-refractivity contribution in [3.8, 4) is 22.8 Å². The van der Waals surface area contributed by atoms with Gasteiger partial charge in [-0.1, -0.05) is 6.92 Å². The van der Waals surface area contributed by atoms with Crippen molar-refractivity contribution in [2.45, 2.75) is 19.5 Å². The summed E-state index contributed by atoms with van der Waals surface area (Å²) in [6.07, 6.45) is -2.29. The van der Waals surface area contributed by atoms with E-state index in [1.807, 2.05) is 6.92 Å². The highest BCUT2D eigenvalue weighted by Crippen LogP contribution is 2.21. The van der Waals surface area contributed by atoms with Crippen molar-refractivity contribution in [1.29, 1.82) is 0 Å². The van der Waals surface area contributed by atoms with Crippen molar-refractivity contribution in [2.75, 3.05) is 6.61 Å². The van der Waals surface area contributed by atoms with Crippen LogP contribution in [-0.2, 0) is 13.5 Å². The smallest absolute Gasteiger partial charge is 0.422 e. The lowest BCUT2D eigenvalue weighted by atomic mass is 10.2. The molecule has 6 nitrogen and oxygen atoms in total. The first kappa shape index (κ1) is 18.7. The van der Waals surface area contributed by atoms with Gasteiger partial charge in [0, 0.05) is 25.7 Å². The number of aryl methyl sites for hydroxylation is 2. The van der Waals surface area contributed by atoms with Crippen LogP contribution in [0.25, 0.3) is 17.1 Å². The van der Waals surface area contributed by atoms with Crippen LogP contribution in [0.2, 0.25) is 0 Å². The van der Waals surface area contributed by atoms with Gasteiger partial charge in [-0.25, -0.2) is 4.98 Å². The van der Waals surface area contributed by atoms with Gasteiger partial charge >= 0.3 is 6.18 Å². The molecule has 27 heavy (non-hydrogen) atoms. The second-order valence-electron chi connectivity index (χ2n) is 5.82. The molecule has 0 bridgehead atoms. The summed E-state index contributed by atoms with van der Waals surface area (Å²) in [5.41, 5.74) is 1.44. The van der Waals surface area contributed by atoms with Crippen molar-refractivity contribution < 1.29 is 17.9 Å². The van der Waals surface area contributed by atoms with Crippen LogP contribution in [0.4, 0.5) is 13.2 Å². The Hall–Kier alpha value is -3.10. The Morgan fingerprint density at radius 3 is 2.41 bits per heavy atom. The molecule has 0 aliphatic carbocycles. The summed E-state index contributed by atoms with van der Waals surface area (Å²) in [4.78, 5) is 17.2. The molecule has 142 valence electrons. The fraction of sp³-hybridized carbons (Fsp3) is 0.278. The monoisotopic (exact) mass is 378 g/mol. The van der Waals surface area contributed by atoms with Crippen LogP contribution in [0.5, 0.6) is 5.75 Å². The minimum atomic E-state index is -4.41. The summed E-state index contributed by atoms with van der Waals surface area (Å²) < 4.78 is 44.4. The Labute approximate surface area is 152 Å². The minimum Gasteiger partial charge on any atom is -0.484 e. The molecule has 0 N–H and O–H groups in total. The van der Waals surface area contributed by atoms with Crippen LogP contribution in [0.3, 0.4) is 0 Å². The van der Waals surface area contributed by atoms with Crippen LogP contribution >= 0.6 is 0 Å². The number of hydrogen-bond acceptors (Lipinski definition) is 4. The van der Waals surface area contributed by atoms with Crippen LogP contribution in [0.1, 0.15) is 12.7 Å². The molecule has 0 saturated heterocycles. The third-order valence-corrected chi connectivity index (χ3v) is 3.89. The number of alkyl halides is 3. The first-order valence-electron chi connectivity index (χ1n) is 8.20. The van der Waals surface area contributed by atoms with Gasteiger partial charge in [-0.15, -0.1) is 0 Å². The molecule has 0 unspecified atom stereocenters. The highest BCUT2D eigenvalue weighted by molar-refractivity contribution is 5.54. The summed E-state index contributed by atoms with van der Waals surface area (Å²) in [6, 6.07) is 9.00. The summed E-state index contributed by atoms with van der Waals surface area (Å²) in [6.45, 7) is 0.500. The van der Waals surface area contributed by atoms with Crippen LogP contribution in [0.15, 0.2) is 47.4 Å². The van der Waals surface area contributed by atoms with E-state index in [4.69, 9.17) is 4.74 Å². The van der Waals surface area contributed by atoms with E-state index in [2.05, 4.69) is 10.1 Å². The second-order valence-corrected chi connectivity index (χ2v) is 5.82. The third kappa shape index (κ3) is 4.18. The summed E-state index contributed by atoms with van der Waals surface area (Å²) in [7, 11) is 1.76.